The zero-order valence-corrected chi connectivity index (χ0v) is 17.2. The molecule has 31 heavy (non-hydrogen) atoms. The molecule has 6 heteroatoms. The Bertz CT molecular complexity index is 1270. The van der Waals surface area contributed by atoms with Crippen LogP contribution in [0.25, 0.3) is 11.0 Å². The summed E-state index contributed by atoms with van der Waals surface area (Å²) in [5.41, 5.74) is 3.19. The van der Waals surface area contributed by atoms with Crippen LogP contribution >= 0.6 is 0 Å². The minimum atomic E-state index is -0.244. The van der Waals surface area contributed by atoms with Gasteiger partial charge in [-0.3, -0.25) is 4.79 Å². The molecule has 5 nitrogen and oxygen atoms in total. The number of rotatable bonds is 5. The van der Waals surface area contributed by atoms with Crippen LogP contribution in [0.2, 0.25) is 0 Å². The molecule has 1 amide bonds. The van der Waals surface area contributed by atoms with Gasteiger partial charge >= 0.3 is 0 Å². The topological polar surface area (TPSA) is 47.4 Å². The Hall–Kier alpha value is -3.67. The Kier molecular flexibility index (Phi) is 4.90. The number of imidazole rings is 1. The number of methoxy groups -OCH3 is 1. The van der Waals surface area contributed by atoms with E-state index in [1.807, 2.05) is 59.2 Å². The molecule has 1 saturated heterocycles. The summed E-state index contributed by atoms with van der Waals surface area (Å²) in [7, 11) is 1.61. The van der Waals surface area contributed by atoms with Crippen molar-refractivity contribution in [3.05, 3.63) is 90.0 Å². The van der Waals surface area contributed by atoms with E-state index in [9.17, 15) is 9.18 Å². The molecule has 3 aromatic carbocycles. The summed E-state index contributed by atoms with van der Waals surface area (Å²) < 4.78 is 21.7. The van der Waals surface area contributed by atoms with Gasteiger partial charge in [0.1, 0.15) is 17.4 Å². The Morgan fingerprint density at radius 3 is 2.71 bits per heavy atom. The van der Waals surface area contributed by atoms with Crippen molar-refractivity contribution in [1.29, 1.82) is 0 Å². The first-order valence-electron chi connectivity index (χ1n) is 10.3. The maximum atomic E-state index is 14.4. The Balaban J connectivity index is 1.53. The van der Waals surface area contributed by atoms with Crippen molar-refractivity contribution in [1.82, 2.24) is 9.55 Å². The highest BCUT2D eigenvalue weighted by atomic mass is 19.1. The number of anilines is 1. The molecule has 0 N–H and O–H groups in total. The van der Waals surface area contributed by atoms with Crippen LogP contribution in [0.1, 0.15) is 23.7 Å². The van der Waals surface area contributed by atoms with E-state index in [1.165, 1.54) is 6.07 Å². The van der Waals surface area contributed by atoms with Gasteiger partial charge in [-0.05, 0) is 30.3 Å². The second kappa shape index (κ2) is 7.87. The molecule has 0 saturated carbocycles. The number of para-hydroxylation sites is 2. The lowest BCUT2D eigenvalue weighted by molar-refractivity contribution is -0.117. The molecule has 0 aliphatic carbocycles. The molecule has 156 valence electrons. The lowest BCUT2D eigenvalue weighted by Gasteiger charge is -2.18. The van der Waals surface area contributed by atoms with Gasteiger partial charge in [-0.25, -0.2) is 9.37 Å². The molecule has 5 rings (SSSR count). The van der Waals surface area contributed by atoms with E-state index in [4.69, 9.17) is 9.72 Å². The summed E-state index contributed by atoms with van der Waals surface area (Å²) in [6.07, 6.45) is 0.359. The number of carbonyl (C=O) groups excluding carboxylic acids is 1. The molecular formula is C25H22FN3O2. The van der Waals surface area contributed by atoms with Crippen molar-refractivity contribution >= 4 is 22.6 Å². The maximum absolute atomic E-state index is 14.4. The van der Waals surface area contributed by atoms with Crippen molar-refractivity contribution in [3.63, 3.8) is 0 Å². The lowest BCUT2D eigenvalue weighted by atomic mass is 10.1. The van der Waals surface area contributed by atoms with Crippen LogP contribution < -0.4 is 9.64 Å². The lowest BCUT2D eigenvalue weighted by Crippen LogP contribution is -2.24. The number of nitrogens with zero attached hydrogens (tertiary/aromatic N) is 3. The summed E-state index contributed by atoms with van der Waals surface area (Å²) in [6, 6.07) is 22.1. The van der Waals surface area contributed by atoms with E-state index < -0.39 is 0 Å². The fourth-order valence-electron chi connectivity index (χ4n) is 4.28. The van der Waals surface area contributed by atoms with E-state index in [2.05, 4.69) is 0 Å². The molecule has 0 spiro atoms. The summed E-state index contributed by atoms with van der Waals surface area (Å²) in [5.74, 6) is 1.23. The average Bonchev–Trinajstić information content (AvgIpc) is 3.36. The van der Waals surface area contributed by atoms with Gasteiger partial charge in [-0.1, -0.05) is 36.4 Å². The SMILES string of the molecule is COc1cccc(N2C[C@@H](c3nc4ccccc4n3Cc3ccccc3F)CC2=O)c1. The Morgan fingerprint density at radius 2 is 1.87 bits per heavy atom. The quantitative estimate of drug-likeness (QED) is 0.473. The van der Waals surface area contributed by atoms with Gasteiger partial charge < -0.3 is 14.2 Å². The van der Waals surface area contributed by atoms with Crippen LogP contribution in [-0.4, -0.2) is 29.1 Å². The van der Waals surface area contributed by atoms with E-state index in [1.54, 1.807) is 24.1 Å². The van der Waals surface area contributed by atoms with Crippen molar-refractivity contribution in [2.45, 2.75) is 18.9 Å². The smallest absolute Gasteiger partial charge is 0.227 e. The zero-order valence-electron chi connectivity index (χ0n) is 17.2. The third kappa shape index (κ3) is 3.54. The minimum Gasteiger partial charge on any atom is -0.497 e. The predicted octanol–water partition coefficient (Wildman–Crippen LogP) is 4.75. The third-order valence-electron chi connectivity index (χ3n) is 5.83. The minimum absolute atomic E-state index is 0.0442. The maximum Gasteiger partial charge on any atom is 0.227 e. The third-order valence-corrected chi connectivity index (χ3v) is 5.83. The number of aromatic nitrogens is 2. The fourth-order valence-corrected chi connectivity index (χ4v) is 4.28. The van der Waals surface area contributed by atoms with E-state index in [0.717, 1.165) is 22.5 Å². The van der Waals surface area contributed by atoms with Gasteiger partial charge in [0.05, 0.1) is 24.7 Å². The van der Waals surface area contributed by atoms with E-state index >= 15 is 0 Å². The average molecular weight is 415 g/mol. The van der Waals surface area contributed by atoms with Gasteiger partial charge in [-0.2, -0.15) is 0 Å². The second-order valence-electron chi connectivity index (χ2n) is 7.74. The second-order valence-corrected chi connectivity index (χ2v) is 7.74. The molecule has 2 heterocycles. The molecule has 1 atom stereocenters. The Morgan fingerprint density at radius 1 is 1.06 bits per heavy atom. The van der Waals surface area contributed by atoms with Gasteiger partial charge in [-0.15, -0.1) is 0 Å². The van der Waals surface area contributed by atoms with Crippen LogP contribution in [0.15, 0.2) is 72.8 Å². The zero-order chi connectivity index (χ0) is 21.4. The monoisotopic (exact) mass is 415 g/mol. The molecule has 4 aromatic rings. The number of benzene rings is 3. The first kappa shape index (κ1) is 19.3. The van der Waals surface area contributed by atoms with Crippen molar-refractivity contribution in [3.8, 4) is 5.75 Å². The molecule has 0 unspecified atom stereocenters. The van der Waals surface area contributed by atoms with Crippen LogP contribution in [0.3, 0.4) is 0 Å². The van der Waals surface area contributed by atoms with Crippen LogP contribution in [0.5, 0.6) is 5.75 Å². The predicted molar refractivity (Wildman–Crippen MR) is 118 cm³/mol. The standard InChI is InChI=1S/C25H22FN3O2/c1-31-20-9-6-8-19(14-20)28-16-18(13-24(28)30)25-27-22-11-4-5-12-23(22)29(25)15-17-7-2-3-10-21(17)26/h2-12,14,18H,13,15-16H2,1H3/t18-/m0/s1. The molecule has 1 fully saturated rings. The number of carbonyl (C=O) groups is 1. The fraction of sp³-hybridized carbons (Fsp3) is 0.200. The summed E-state index contributed by atoms with van der Waals surface area (Å²) in [5, 5.41) is 0. The molecule has 1 aliphatic rings. The first-order chi connectivity index (χ1) is 15.1. The van der Waals surface area contributed by atoms with Crippen molar-refractivity contribution in [2.75, 3.05) is 18.6 Å². The number of fused-ring (bicyclic) bond motifs is 1. The van der Waals surface area contributed by atoms with E-state index in [-0.39, 0.29) is 17.6 Å². The van der Waals surface area contributed by atoms with Crippen molar-refractivity contribution < 1.29 is 13.9 Å². The molecule has 0 radical (unpaired) electrons. The van der Waals surface area contributed by atoms with E-state index in [0.29, 0.717) is 30.8 Å². The number of halogens is 1. The van der Waals surface area contributed by atoms with Crippen LogP contribution in [0, 0.1) is 5.82 Å². The Labute approximate surface area is 179 Å². The summed E-state index contributed by atoms with van der Waals surface area (Å²) in [6.45, 7) is 0.888. The number of hydrogen-bond donors (Lipinski definition) is 0. The highest BCUT2D eigenvalue weighted by Crippen LogP contribution is 2.34. The highest BCUT2D eigenvalue weighted by Gasteiger charge is 2.35. The summed E-state index contributed by atoms with van der Waals surface area (Å²) >= 11 is 0. The number of hydrogen-bond acceptors (Lipinski definition) is 3. The normalized spacial score (nSPS) is 16.3. The number of ether oxygens (including phenoxy) is 1. The summed E-state index contributed by atoms with van der Waals surface area (Å²) in [4.78, 5) is 19.5. The van der Waals surface area contributed by atoms with Gasteiger partial charge in [0.15, 0.2) is 0 Å². The molecule has 1 aliphatic heterocycles. The largest absolute Gasteiger partial charge is 0.497 e. The van der Waals surface area contributed by atoms with Crippen molar-refractivity contribution in [2.24, 2.45) is 0 Å². The highest BCUT2D eigenvalue weighted by molar-refractivity contribution is 5.96. The van der Waals surface area contributed by atoms with Crippen LogP contribution in [-0.2, 0) is 11.3 Å². The van der Waals surface area contributed by atoms with Gasteiger partial charge in [0, 0.05) is 36.2 Å². The van der Waals surface area contributed by atoms with Gasteiger partial charge in [0.25, 0.3) is 0 Å². The number of amides is 1. The molecule has 0 bridgehead atoms. The molecule has 1 aromatic heterocycles. The first-order valence-corrected chi connectivity index (χ1v) is 10.3. The van der Waals surface area contributed by atoms with Gasteiger partial charge in [0.2, 0.25) is 5.91 Å². The van der Waals surface area contributed by atoms with Crippen LogP contribution in [0.4, 0.5) is 10.1 Å². The molecular weight excluding hydrogens is 393 g/mol.